The summed E-state index contributed by atoms with van der Waals surface area (Å²) in [5.41, 5.74) is 1.31. The molecule has 0 aromatic carbocycles. The Bertz CT molecular complexity index is 426. The highest BCUT2D eigenvalue weighted by molar-refractivity contribution is 5.91. The van der Waals surface area contributed by atoms with E-state index >= 15 is 0 Å². The van der Waals surface area contributed by atoms with Crippen molar-refractivity contribution in [1.29, 1.82) is 0 Å². The van der Waals surface area contributed by atoms with Crippen molar-refractivity contribution in [1.82, 2.24) is 14.8 Å². The number of allylic oxidation sites excluding steroid dienone is 2. The molecule has 4 heteroatoms. The number of nitrogens with zero attached hydrogens (tertiary/aromatic N) is 3. The van der Waals surface area contributed by atoms with Gasteiger partial charge in [0.05, 0.1) is 6.42 Å². The molecule has 1 aliphatic rings. The fourth-order valence-corrected chi connectivity index (χ4v) is 2.41. The maximum atomic E-state index is 12.0. The maximum absolute atomic E-state index is 12.0. The molecule has 0 radical (unpaired) electrons. The molecular formula is C14H21N3O. The molecule has 0 atom stereocenters. The molecule has 18 heavy (non-hydrogen) atoms. The van der Waals surface area contributed by atoms with Crippen LogP contribution in [-0.4, -0.2) is 20.5 Å². The lowest BCUT2D eigenvalue weighted by Gasteiger charge is -2.12. The summed E-state index contributed by atoms with van der Waals surface area (Å²) in [4.78, 5) is 16.1. The second kappa shape index (κ2) is 6.47. The number of carbonyl (C=O) groups excluding carboxylic acids is 1. The van der Waals surface area contributed by atoms with Crippen LogP contribution in [0.1, 0.15) is 51.3 Å². The van der Waals surface area contributed by atoms with Crippen LogP contribution in [0, 0.1) is 0 Å². The zero-order chi connectivity index (χ0) is 12.8. The Balaban J connectivity index is 1.95. The Labute approximate surface area is 108 Å². The quantitative estimate of drug-likeness (QED) is 0.752. The van der Waals surface area contributed by atoms with Crippen molar-refractivity contribution in [2.45, 2.75) is 58.4 Å². The molecule has 0 saturated heterocycles. The molecular weight excluding hydrogens is 226 g/mol. The largest absolute Gasteiger partial charge is 0.294 e. The molecule has 0 N–H and O–H groups in total. The number of aryl methyl sites for hydroxylation is 1. The van der Waals surface area contributed by atoms with Gasteiger partial charge in [-0.3, -0.25) is 4.79 Å². The molecule has 0 amide bonds. The van der Waals surface area contributed by atoms with Crippen LogP contribution in [0.15, 0.2) is 18.0 Å². The van der Waals surface area contributed by atoms with E-state index in [-0.39, 0.29) is 5.78 Å². The zero-order valence-corrected chi connectivity index (χ0v) is 11.1. The topological polar surface area (TPSA) is 47.8 Å². The minimum Gasteiger partial charge on any atom is -0.294 e. The summed E-state index contributed by atoms with van der Waals surface area (Å²) in [6.07, 6.45) is 10.7. The highest BCUT2D eigenvalue weighted by Gasteiger charge is 2.11. The van der Waals surface area contributed by atoms with E-state index in [9.17, 15) is 4.79 Å². The molecule has 1 aliphatic carbocycles. The molecule has 4 nitrogen and oxygen atoms in total. The first-order chi connectivity index (χ1) is 8.79. The summed E-state index contributed by atoms with van der Waals surface area (Å²) in [7, 11) is 0. The Morgan fingerprint density at radius 1 is 1.39 bits per heavy atom. The van der Waals surface area contributed by atoms with Crippen LogP contribution in [0.4, 0.5) is 0 Å². The van der Waals surface area contributed by atoms with Crippen LogP contribution in [0.25, 0.3) is 0 Å². The molecule has 1 heterocycles. The lowest BCUT2D eigenvalue weighted by molar-refractivity contribution is -0.114. The molecule has 2 rings (SSSR count). The molecule has 0 bridgehead atoms. The second-order valence-corrected chi connectivity index (χ2v) is 4.91. The minimum atomic E-state index is 0.164. The standard InChI is InChI=1S/C14H21N3O/c1-2-8-17-14(15-11-16-17)10-13(18)9-12-6-4-3-5-7-12/h9,11H,2-8,10H2,1H3. The van der Waals surface area contributed by atoms with Gasteiger partial charge in [0.2, 0.25) is 0 Å². The number of aromatic nitrogens is 3. The van der Waals surface area contributed by atoms with Crippen molar-refractivity contribution in [3.63, 3.8) is 0 Å². The summed E-state index contributed by atoms with van der Waals surface area (Å²) >= 11 is 0. The van der Waals surface area contributed by atoms with Crippen LogP contribution in [0.3, 0.4) is 0 Å². The van der Waals surface area contributed by atoms with E-state index in [4.69, 9.17) is 0 Å². The van der Waals surface area contributed by atoms with E-state index in [0.717, 1.165) is 31.6 Å². The summed E-state index contributed by atoms with van der Waals surface area (Å²) in [5, 5.41) is 4.14. The molecule has 0 unspecified atom stereocenters. The average molecular weight is 247 g/mol. The first kappa shape index (κ1) is 13.0. The number of hydrogen-bond acceptors (Lipinski definition) is 3. The van der Waals surface area contributed by atoms with E-state index in [0.29, 0.717) is 6.42 Å². The van der Waals surface area contributed by atoms with Gasteiger partial charge in [-0.15, -0.1) is 0 Å². The third-order valence-electron chi connectivity index (χ3n) is 3.32. The molecule has 1 aromatic rings. The Morgan fingerprint density at radius 3 is 2.89 bits per heavy atom. The number of carbonyl (C=O) groups is 1. The van der Waals surface area contributed by atoms with Crippen LogP contribution in [0.5, 0.6) is 0 Å². The van der Waals surface area contributed by atoms with Crippen LogP contribution in [-0.2, 0) is 17.8 Å². The monoisotopic (exact) mass is 247 g/mol. The van der Waals surface area contributed by atoms with Gasteiger partial charge in [-0.1, -0.05) is 18.9 Å². The van der Waals surface area contributed by atoms with E-state index < -0.39 is 0 Å². The van der Waals surface area contributed by atoms with E-state index in [1.807, 2.05) is 10.8 Å². The van der Waals surface area contributed by atoms with E-state index in [1.165, 1.54) is 31.2 Å². The Hall–Kier alpha value is -1.45. The summed E-state index contributed by atoms with van der Waals surface area (Å²) in [5.74, 6) is 0.951. The average Bonchev–Trinajstić information content (AvgIpc) is 2.78. The van der Waals surface area contributed by atoms with Crippen molar-refractivity contribution < 1.29 is 4.79 Å². The van der Waals surface area contributed by atoms with Gasteiger partial charge in [-0.2, -0.15) is 5.10 Å². The van der Waals surface area contributed by atoms with Gasteiger partial charge in [0.1, 0.15) is 12.2 Å². The lowest BCUT2D eigenvalue weighted by atomic mass is 9.94. The summed E-state index contributed by atoms with van der Waals surface area (Å²) in [6.45, 7) is 2.93. The summed E-state index contributed by atoms with van der Waals surface area (Å²) in [6, 6.07) is 0. The third-order valence-corrected chi connectivity index (χ3v) is 3.32. The molecule has 98 valence electrons. The van der Waals surface area contributed by atoms with Gasteiger partial charge in [-0.05, 0) is 38.2 Å². The van der Waals surface area contributed by atoms with Crippen LogP contribution < -0.4 is 0 Å². The number of hydrogen-bond donors (Lipinski definition) is 0. The van der Waals surface area contributed by atoms with Gasteiger partial charge in [0.15, 0.2) is 5.78 Å². The van der Waals surface area contributed by atoms with Gasteiger partial charge >= 0.3 is 0 Å². The highest BCUT2D eigenvalue weighted by atomic mass is 16.1. The van der Waals surface area contributed by atoms with Crippen molar-refractivity contribution in [2.75, 3.05) is 0 Å². The zero-order valence-electron chi connectivity index (χ0n) is 11.1. The number of ketones is 1. The maximum Gasteiger partial charge on any atom is 0.163 e. The first-order valence-electron chi connectivity index (χ1n) is 6.88. The second-order valence-electron chi connectivity index (χ2n) is 4.91. The lowest BCUT2D eigenvalue weighted by Crippen LogP contribution is -2.10. The molecule has 1 aromatic heterocycles. The normalized spacial score (nSPS) is 15.7. The number of rotatable bonds is 5. The summed E-state index contributed by atoms with van der Waals surface area (Å²) < 4.78 is 1.83. The van der Waals surface area contributed by atoms with E-state index in [2.05, 4.69) is 17.0 Å². The molecule has 0 aliphatic heterocycles. The smallest absolute Gasteiger partial charge is 0.163 e. The predicted molar refractivity (Wildman–Crippen MR) is 70.2 cm³/mol. The molecule has 1 saturated carbocycles. The fraction of sp³-hybridized carbons (Fsp3) is 0.643. The molecule has 1 fully saturated rings. The SMILES string of the molecule is CCCn1ncnc1CC(=O)C=C1CCCCC1. The van der Waals surface area contributed by atoms with Crippen molar-refractivity contribution in [3.8, 4) is 0 Å². The third kappa shape index (κ3) is 3.52. The van der Waals surface area contributed by atoms with Gasteiger partial charge < -0.3 is 0 Å². The van der Waals surface area contributed by atoms with Gasteiger partial charge in [0, 0.05) is 6.54 Å². The van der Waals surface area contributed by atoms with Crippen molar-refractivity contribution in [2.24, 2.45) is 0 Å². The first-order valence-corrected chi connectivity index (χ1v) is 6.88. The van der Waals surface area contributed by atoms with Crippen LogP contribution in [0.2, 0.25) is 0 Å². The Morgan fingerprint density at radius 2 is 2.17 bits per heavy atom. The van der Waals surface area contributed by atoms with Gasteiger partial charge in [0.25, 0.3) is 0 Å². The fourth-order valence-electron chi connectivity index (χ4n) is 2.41. The van der Waals surface area contributed by atoms with Gasteiger partial charge in [-0.25, -0.2) is 9.67 Å². The Kier molecular flexibility index (Phi) is 4.67. The van der Waals surface area contributed by atoms with Crippen molar-refractivity contribution in [3.05, 3.63) is 23.8 Å². The minimum absolute atomic E-state index is 0.164. The van der Waals surface area contributed by atoms with Crippen molar-refractivity contribution >= 4 is 5.78 Å². The predicted octanol–water partition coefficient (Wildman–Crippen LogP) is 2.69. The molecule has 0 spiro atoms. The highest BCUT2D eigenvalue weighted by Crippen LogP contribution is 2.22. The van der Waals surface area contributed by atoms with E-state index in [1.54, 1.807) is 0 Å². The van der Waals surface area contributed by atoms with Crippen LogP contribution >= 0.6 is 0 Å².